The van der Waals surface area contributed by atoms with Crippen LogP contribution in [0.25, 0.3) is 6.08 Å². The summed E-state index contributed by atoms with van der Waals surface area (Å²) in [7, 11) is 1.59. The van der Waals surface area contributed by atoms with Crippen LogP contribution in [0.5, 0.6) is 11.5 Å². The summed E-state index contributed by atoms with van der Waals surface area (Å²) in [6.07, 6.45) is 3.82. The number of hydrogen-bond acceptors (Lipinski definition) is 6. The number of rotatable bonds is 6. The number of amides is 1. The molecule has 0 aliphatic carbocycles. The second-order valence-electron chi connectivity index (χ2n) is 5.68. The number of carbonyl (C=O) groups excluding carboxylic acids is 1. The maximum Gasteiger partial charge on any atom is 0.270 e. The van der Waals surface area contributed by atoms with E-state index in [4.69, 9.17) is 21.7 Å². The van der Waals surface area contributed by atoms with Gasteiger partial charge in [0.15, 0.2) is 15.8 Å². The molecule has 28 heavy (non-hydrogen) atoms. The predicted octanol–water partition coefficient (Wildman–Crippen LogP) is 5.98. The van der Waals surface area contributed by atoms with Crippen molar-refractivity contribution < 1.29 is 14.3 Å². The fraction of sp³-hybridized carbons (Fsp3) is 0.200. The largest absolute Gasteiger partial charge is 0.493 e. The first kappa shape index (κ1) is 21.2. The molecular weight excluding hydrogens is 478 g/mol. The third-order valence-corrected chi connectivity index (χ3v) is 6.69. The van der Waals surface area contributed by atoms with Crippen molar-refractivity contribution in [3.63, 3.8) is 0 Å². The second-order valence-corrected chi connectivity index (χ2v) is 9.09. The summed E-state index contributed by atoms with van der Waals surface area (Å²) in [4.78, 5) is 16.2. The van der Waals surface area contributed by atoms with E-state index in [-0.39, 0.29) is 5.91 Å². The summed E-state index contributed by atoms with van der Waals surface area (Å²) in [5.74, 6) is 1.13. The van der Waals surface area contributed by atoms with Crippen LogP contribution in [-0.4, -0.2) is 30.2 Å². The molecule has 1 fully saturated rings. The molecular formula is C20H18BrNO3S3. The van der Waals surface area contributed by atoms with Gasteiger partial charge in [-0.1, -0.05) is 46.0 Å². The Labute approximate surface area is 186 Å². The molecule has 1 saturated heterocycles. The molecule has 2 aromatic carbocycles. The minimum Gasteiger partial charge on any atom is -0.493 e. The molecule has 0 aromatic heterocycles. The van der Waals surface area contributed by atoms with Crippen LogP contribution in [0.15, 0.2) is 50.7 Å². The highest BCUT2D eigenvalue weighted by Crippen LogP contribution is 2.40. The van der Waals surface area contributed by atoms with E-state index < -0.39 is 0 Å². The number of thiocarbonyl (C=S) groups is 1. The predicted molar refractivity (Wildman–Crippen MR) is 126 cm³/mol. The zero-order chi connectivity index (χ0) is 20.3. The number of thioether (sulfide) groups is 2. The minimum atomic E-state index is -0.131. The van der Waals surface area contributed by atoms with Crippen molar-refractivity contribution in [3.8, 4) is 11.5 Å². The Morgan fingerprint density at radius 2 is 2.07 bits per heavy atom. The smallest absolute Gasteiger partial charge is 0.270 e. The Morgan fingerprint density at radius 3 is 2.75 bits per heavy atom. The number of nitrogens with zero attached hydrogens (tertiary/aromatic N) is 1. The fourth-order valence-corrected chi connectivity index (χ4v) is 4.85. The number of carbonyl (C=O) groups is 1. The average molecular weight is 496 g/mol. The number of hydrogen-bond donors (Lipinski definition) is 0. The van der Waals surface area contributed by atoms with E-state index in [9.17, 15) is 4.79 Å². The van der Waals surface area contributed by atoms with Crippen molar-refractivity contribution in [2.45, 2.75) is 11.8 Å². The van der Waals surface area contributed by atoms with Gasteiger partial charge in [0.05, 0.1) is 24.3 Å². The van der Waals surface area contributed by atoms with Crippen LogP contribution in [0.4, 0.5) is 5.69 Å². The van der Waals surface area contributed by atoms with Gasteiger partial charge in [-0.3, -0.25) is 9.69 Å². The third kappa shape index (κ3) is 4.40. The first-order chi connectivity index (χ1) is 13.5. The summed E-state index contributed by atoms with van der Waals surface area (Å²) >= 11 is 11.9. The molecule has 0 radical (unpaired) electrons. The van der Waals surface area contributed by atoms with Gasteiger partial charge >= 0.3 is 0 Å². The molecule has 4 nitrogen and oxygen atoms in total. The molecule has 0 spiro atoms. The molecule has 0 atom stereocenters. The van der Waals surface area contributed by atoms with Gasteiger partial charge in [-0.15, -0.1) is 11.8 Å². The summed E-state index contributed by atoms with van der Waals surface area (Å²) in [5.41, 5.74) is 1.60. The normalized spacial score (nSPS) is 15.4. The standard InChI is InChI=1S/C20H18BrNO3S3/c1-4-25-17-11-15(21)12(8-16(17)24-2)9-18-19(23)22(20(26)28-18)13-6-5-7-14(10-13)27-3/h5-11H,4H2,1-3H3/b18-9-. The van der Waals surface area contributed by atoms with Crippen LogP contribution in [-0.2, 0) is 4.79 Å². The molecule has 2 aromatic rings. The quantitative estimate of drug-likeness (QED) is 0.278. The average Bonchev–Trinajstić information content (AvgIpc) is 2.97. The maximum atomic E-state index is 13.0. The van der Waals surface area contributed by atoms with Gasteiger partial charge in [-0.05, 0) is 55.2 Å². The Balaban J connectivity index is 1.95. The van der Waals surface area contributed by atoms with Crippen molar-refractivity contribution in [2.24, 2.45) is 0 Å². The first-order valence-electron chi connectivity index (χ1n) is 8.40. The molecule has 1 heterocycles. The van der Waals surface area contributed by atoms with E-state index in [0.29, 0.717) is 27.3 Å². The molecule has 8 heteroatoms. The molecule has 0 unspecified atom stereocenters. The zero-order valence-electron chi connectivity index (χ0n) is 15.5. The molecule has 1 aliphatic heterocycles. The lowest BCUT2D eigenvalue weighted by atomic mass is 10.1. The highest BCUT2D eigenvalue weighted by atomic mass is 79.9. The van der Waals surface area contributed by atoms with Crippen molar-refractivity contribution in [2.75, 3.05) is 24.9 Å². The molecule has 1 aliphatic rings. The van der Waals surface area contributed by atoms with Gasteiger partial charge in [0.2, 0.25) is 0 Å². The highest BCUT2D eigenvalue weighted by molar-refractivity contribution is 9.10. The molecule has 3 rings (SSSR count). The summed E-state index contributed by atoms with van der Waals surface area (Å²) in [6, 6.07) is 11.5. The Morgan fingerprint density at radius 1 is 1.29 bits per heavy atom. The van der Waals surface area contributed by atoms with Crippen LogP contribution in [0.2, 0.25) is 0 Å². The molecule has 146 valence electrons. The summed E-state index contributed by atoms with van der Waals surface area (Å²) < 4.78 is 12.3. The van der Waals surface area contributed by atoms with Crippen molar-refractivity contribution in [1.82, 2.24) is 0 Å². The van der Waals surface area contributed by atoms with Crippen LogP contribution in [0.1, 0.15) is 12.5 Å². The van der Waals surface area contributed by atoms with E-state index in [1.54, 1.807) is 23.8 Å². The van der Waals surface area contributed by atoms with Gasteiger partial charge in [0, 0.05) is 9.37 Å². The third-order valence-electron chi connectivity index (χ3n) is 3.97. The number of halogens is 1. The molecule has 0 N–H and O–H groups in total. The van der Waals surface area contributed by atoms with Gasteiger partial charge in [-0.2, -0.15) is 0 Å². The molecule has 1 amide bonds. The summed E-state index contributed by atoms with van der Waals surface area (Å²) in [5, 5.41) is 0. The number of methoxy groups -OCH3 is 1. The Hall–Kier alpha value is -1.48. The van der Waals surface area contributed by atoms with Crippen LogP contribution >= 0.6 is 51.7 Å². The van der Waals surface area contributed by atoms with Crippen LogP contribution < -0.4 is 14.4 Å². The lowest BCUT2D eigenvalue weighted by Crippen LogP contribution is -2.27. The second kappa shape index (κ2) is 9.35. The van der Waals surface area contributed by atoms with Crippen molar-refractivity contribution in [3.05, 3.63) is 51.3 Å². The molecule has 0 bridgehead atoms. The Bertz CT molecular complexity index is 962. The highest BCUT2D eigenvalue weighted by Gasteiger charge is 2.33. The SMILES string of the molecule is CCOc1cc(Br)c(/C=C2\SC(=S)N(c3cccc(SC)c3)C2=O)cc1OC. The first-order valence-corrected chi connectivity index (χ1v) is 11.6. The monoisotopic (exact) mass is 495 g/mol. The Kier molecular flexibility index (Phi) is 7.09. The van der Waals surface area contributed by atoms with Crippen molar-refractivity contribution in [1.29, 1.82) is 0 Å². The topological polar surface area (TPSA) is 38.8 Å². The lowest BCUT2D eigenvalue weighted by Gasteiger charge is -2.15. The zero-order valence-corrected chi connectivity index (χ0v) is 19.6. The van der Waals surface area contributed by atoms with E-state index in [2.05, 4.69) is 15.9 Å². The number of benzene rings is 2. The maximum absolute atomic E-state index is 13.0. The minimum absolute atomic E-state index is 0.131. The van der Waals surface area contributed by atoms with E-state index in [1.807, 2.05) is 55.7 Å². The fourth-order valence-electron chi connectivity index (χ4n) is 2.67. The van der Waals surface area contributed by atoms with Gasteiger partial charge in [0.1, 0.15) is 0 Å². The van der Waals surface area contributed by atoms with Gasteiger partial charge < -0.3 is 9.47 Å². The van der Waals surface area contributed by atoms with E-state index in [0.717, 1.165) is 20.6 Å². The van der Waals surface area contributed by atoms with E-state index in [1.165, 1.54) is 11.8 Å². The van der Waals surface area contributed by atoms with Crippen molar-refractivity contribution >= 4 is 73.7 Å². The van der Waals surface area contributed by atoms with Gasteiger partial charge in [0.25, 0.3) is 5.91 Å². The van der Waals surface area contributed by atoms with Crippen LogP contribution in [0, 0.1) is 0 Å². The van der Waals surface area contributed by atoms with Gasteiger partial charge in [-0.25, -0.2) is 0 Å². The molecule has 0 saturated carbocycles. The number of anilines is 1. The lowest BCUT2D eigenvalue weighted by molar-refractivity contribution is -0.113. The number of ether oxygens (including phenoxy) is 2. The van der Waals surface area contributed by atoms with E-state index >= 15 is 0 Å². The summed E-state index contributed by atoms with van der Waals surface area (Å²) in [6.45, 7) is 2.45. The van der Waals surface area contributed by atoms with Crippen LogP contribution in [0.3, 0.4) is 0 Å².